The number of halogens is 1. The Morgan fingerprint density at radius 1 is 1.38 bits per heavy atom. The highest BCUT2D eigenvalue weighted by Crippen LogP contribution is 2.28. The van der Waals surface area contributed by atoms with Crippen molar-refractivity contribution in [2.24, 2.45) is 11.7 Å². The maximum Gasteiger partial charge on any atom is 0.225 e. The van der Waals surface area contributed by atoms with Gasteiger partial charge in [0.25, 0.3) is 0 Å². The topological polar surface area (TPSA) is 71.3 Å². The number of hydrogen-bond acceptors (Lipinski definition) is 3. The minimum absolute atomic E-state index is 0.0571. The summed E-state index contributed by atoms with van der Waals surface area (Å²) in [6.07, 6.45) is 3.34. The van der Waals surface area contributed by atoms with E-state index in [0.717, 1.165) is 42.5 Å². The van der Waals surface area contributed by atoms with Gasteiger partial charge in [0, 0.05) is 42.2 Å². The van der Waals surface area contributed by atoms with E-state index in [2.05, 4.69) is 11.9 Å². The van der Waals surface area contributed by atoms with E-state index in [-0.39, 0.29) is 29.8 Å². The maximum atomic E-state index is 13.3. The largest absolute Gasteiger partial charge is 0.377 e. The smallest absolute Gasteiger partial charge is 0.225 e. The standard InChI is InChI=1S/C20H28FN3O2/c1-3-8-26-19-7-4-13(11-17(19)22)20(25)24(2)12-16-10-14-9-15(21)5-6-18(14)23-16/h5-6,9-10,13,17,19,23H,3-4,7-8,11-12,22H2,1-2H3/t13-,17+,19+/m0/s1. The van der Waals surface area contributed by atoms with Gasteiger partial charge in [-0.2, -0.15) is 0 Å². The van der Waals surface area contributed by atoms with Crippen molar-refractivity contribution in [2.75, 3.05) is 13.7 Å². The summed E-state index contributed by atoms with van der Waals surface area (Å²) in [5.41, 5.74) is 8.00. The van der Waals surface area contributed by atoms with Crippen LogP contribution < -0.4 is 5.73 Å². The van der Waals surface area contributed by atoms with Gasteiger partial charge < -0.3 is 20.4 Å². The predicted molar refractivity (Wildman–Crippen MR) is 100 cm³/mol. The van der Waals surface area contributed by atoms with Gasteiger partial charge >= 0.3 is 0 Å². The molecular formula is C20H28FN3O2. The number of H-pyrrole nitrogens is 1. The Bertz CT molecular complexity index is 761. The first kappa shape index (κ1) is 18.9. The summed E-state index contributed by atoms with van der Waals surface area (Å²) in [4.78, 5) is 17.8. The second kappa shape index (κ2) is 8.18. The van der Waals surface area contributed by atoms with Crippen molar-refractivity contribution < 1.29 is 13.9 Å². The first-order valence-corrected chi connectivity index (χ1v) is 9.37. The molecule has 1 heterocycles. The zero-order chi connectivity index (χ0) is 18.7. The van der Waals surface area contributed by atoms with Crippen LogP contribution in [0.1, 0.15) is 38.3 Å². The van der Waals surface area contributed by atoms with Crippen molar-refractivity contribution in [3.05, 3.63) is 35.8 Å². The van der Waals surface area contributed by atoms with Crippen LogP contribution in [0.4, 0.5) is 4.39 Å². The van der Waals surface area contributed by atoms with Crippen LogP contribution in [0.5, 0.6) is 0 Å². The van der Waals surface area contributed by atoms with Gasteiger partial charge in [-0.25, -0.2) is 4.39 Å². The van der Waals surface area contributed by atoms with Crippen LogP contribution in [0, 0.1) is 11.7 Å². The van der Waals surface area contributed by atoms with Crippen molar-refractivity contribution in [1.29, 1.82) is 0 Å². The SMILES string of the molecule is CCCO[C@@H]1CC[C@H](C(=O)N(C)Cc2cc3cc(F)ccc3[nH]2)C[C@H]1N. The first-order chi connectivity index (χ1) is 12.5. The number of aromatic amines is 1. The lowest BCUT2D eigenvalue weighted by molar-refractivity contribution is -0.137. The lowest BCUT2D eigenvalue weighted by Gasteiger charge is -2.34. The summed E-state index contributed by atoms with van der Waals surface area (Å²) in [5.74, 6) is -0.207. The van der Waals surface area contributed by atoms with E-state index in [1.54, 1.807) is 18.0 Å². The third-order valence-corrected chi connectivity index (χ3v) is 5.14. The minimum Gasteiger partial charge on any atom is -0.377 e. The molecule has 0 aliphatic heterocycles. The van der Waals surface area contributed by atoms with Crippen LogP contribution >= 0.6 is 0 Å². The molecule has 2 aromatic rings. The Kier molecular flexibility index (Phi) is 5.94. The molecule has 1 aliphatic rings. The van der Waals surface area contributed by atoms with Gasteiger partial charge in [0.2, 0.25) is 5.91 Å². The molecule has 0 saturated heterocycles. The van der Waals surface area contributed by atoms with Gasteiger partial charge in [0.15, 0.2) is 0 Å². The maximum absolute atomic E-state index is 13.3. The molecule has 142 valence electrons. The molecular weight excluding hydrogens is 333 g/mol. The van der Waals surface area contributed by atoms with E-state index in [4.69, 9.17) is 10.5 Å². The number of fused-ring (bicyclic) bond motifs is 1. The van der Waals surface area contributed by atoms with E-state index < -0.39 is 0 Å². The number of rotatable bonds is 6. The third kappa shape index (κ3) is 4.24. The molecule has 3 rings (SSSR count). The number of benzene rings is 1. The molecule has 26 heavy (non-hydrogen) atoms. The molecule has 0 unspecified atom stereocenters. The highest BCUT2D eigenvalue weighted by atomic mass is 19.1. The molecule has 0 radical (unpaired) electrons. The van der Waals surface area contributed by atoms with Crippen LogP contribution in [-0.4, -0.2) is 41.6 Å². The number of amides is 1. The fraction of sp³-hybridized carbons (Fsp3) is 0.550. The first-order valence-electron chi connectivity index (χ1n) is 9.37. The van der Waals surface area contributed by atoms with E-state index in [9.17, 15) is 9.18 Å². The van der Waals surface area contributed by atoms with Crippen LogP contribution in [0.3, 0.4) is 0 Å². The number of hydrogen-bond donors (Lipinski definition) is 2. The number of carbonyl (C=O) groups is 1. The van der Waals surface area contributed by atoms with Gasteiger partial charge in [-0.05, 0) is 49.9 Å². The molecule has 0 spiro atoms. The molecule has 3 N–H and O–H groups in total. The van der Waals surface area contributed by atoms with Gasteiger partial charge in [0.1, 0.15) is 5.82 Å². The van der Waals surface area contributed by atoms with Crippen molar-refractivity contribution in [2.45, 2.75) is 51.3 Å². The van der Waals surface area contributed by atoms with Crippen LogP contribution in [0.25, 0.3) is 10.9 Å². The Balaban J connectivity index is 1.59. The molecule has 1 amide bonds. The molecule has 5 nitrogen and oxygen atoms in total. The molecule has 1 aromatic heterocycles. The molecule has 1 aliphatic carbocycles. The normalized spacial score (nSPS) is 23.3. The van der Waals surface area contributed by atoms with Crippen molar-refractivity contribution >= 4 is 16.8 Å². The van der Waals surface area contributed by atoms with E-state index >= 15 is 0 Å². The summed E-state index contributed by atoms with van der Waals surface area (Å²) in [6.45, 7) is 3.27. The summed E-state index contributed by atoms with van der Waals surface area (Å²) >= 11 is 0. The van der Waals surface area contributed by atoms with E-state index in [0.29, 0.717) is 13.0 Å². The highest BCUT2D eigenvalue weighted by molar-refractivity contribution is 5.81. The molecule has 3 atom stereocenters. The number of aromatic nitrogens is 1. The van der Waals surface area contributed by atoms with E-state index in [1.807, 2.05) is 6.07 Å². The monoisotopic (exact) mass is 361 g/mol. The number of nitrogens with two attached hydrogens (primary N) is 1. The molecule has 1 saturated carbocycles. The Hall–Kier alpha value is -1.92. The number of ether oxygens (including phenoxy) is 1. The number of nitrogens with one attached hydrogen (secondary N) is 1. The van der Waals surface area contributed by atoms with E-state index in [1.165, 1.54) is 12.1 Å². The Morgan fingerprint density at radius 3 is 2.92 bits per heavy atom. The number of carbonyl (C=O) groups excluding carboxylic acids is 1. The molecule has 1 fully saturated rings. The van der Waals surface area contributed by atoms with Gasteiger partial charge in [-0.1, -0.05) is 6.92 Å². The average molecular weight is 361 g/mol. The second-order valence-corrected chi connectivity index (χ2v) is 7.30. The summed E-state index contributed by atoms with van der Waals surface area (Å²) in [5, 5.41) is 0.816. The zero-order valence-corrected chi connectivity index (χ0v) is 15.5. The summed E-state index contributed by atoms with van der Waals surface area (Å²) < 4.78 is 19.1. The molecule has 0 bridgehead atoms. The van der Waals surface area contributed by atoms with Crippen molar-refractivity contribution in [3.8, 4) is 0 Å². The van der Waals surface area contributed by atoms with Gasteiger partial charge in [-0.3, -0.25) is 4.79 Å². The third-order valence-electron chi connectivity index (χ3n) is 5.14. The predicted octanol–water partition coefficient (Wildman–Crippen LogP) is 3.19. The van der Waals surface area contributed by atoms with Crippen molar-refractivity contribution in [1.82, 2.24) is 9.88 Å². The average Bonchev–Trinajstić information content (AvgIpc) is 3.01. The van der Waals surface area contributed by atoms with Crippen molar-refractivity contribution in [3.63, 3.8) is 0 Å². The highest BCUT2D eigenvalue weighted by Gasteiger charge is 2.33. The van der Waals surface area contributed by atoms with Gasteiger partial charge in [0.05, 0.1) is 12.6 Å². The Morgan fingerprint density at radius 2 is 2.19 bits per heavy atom. The fourth-order valence-electron chi connectivity index (χ4n) is 3.77. The minimum atomic E-state index is -0.261. The lowest BCUT2D eigenvalue weighted by Crippen LogP contribution is -2.46. The summed E-state index contributed by atoms with van der Waals surface area (Å²) in [7, 11) is 1.81. The Labute approximate surface area is 153 Å². The van der Waals surface area contributed by atoms with Gasteiger partial charge in [-0.15, -0.1) is 0 Å². The second-order valence-electron chi connectivity index (χ2n) is 7.30. The van der Waals surface area contributed by atoms with Crippen LogP contribution in [0.15, 0.2) is 24.3 Å². The van der Waals surface area contributed by atoms with Crippen LogP contribution in [-0.2, 0) is 16.1 Å². The zero-order valence-electron chi connectivity index (χ0n) is 15.5. The lowest BCUT2D eigenvalue weighted by atomic mass is 9.83. The molecule has 6 heteroatoms. The summed E-state index contributed by atoms with van der Waals surface area (Å²) in [6, 6.07) is 6.44. The van der Waals surface area contributed by atoms with Crippen LogP contribution in [0.2, 0.25) is 0 Å². The number of nitrogens with zero attached hydrogens (tertiary/aromatic N) is 1. The molecule has 1 aromatic carbocycles. The quantitative estimate of drug-likeness (QED) is 0.830. The fourth-order valence-corrected chi connectivity index (χ4v) is 3.77.